The smallest absolute Gasteiger partial charge is 0.0654 e. The van der Waals surface area contributed by atoms with Crippen molar-refractivity contribution >= 4 is 5.71 Å². The lowest BCUT2D eigenvalue weighted by Crippen LogP contribution is -1.97. The minimum atomic E-state index is 0.755. The average Bonchev–Trinajstić information content (AvgIpc) is 2.59. The van der Waals surface area contributed by atoms with Crippen molar-refractivity contribution in [2.24, 2.45) is 11.0 Å². The molecular weight excluding hydrogens is 172 g/mol. The first-order valence-corrected chi connectivity index (χ1v) is 5.70. The van der Waals surface area contributed by atoms with Gasteiger partial charge in [0.25, 0.3) is 0 Å². The molecule has 14 heavy (non-hydrogen) atoms. The minimum absolute atomic E-state index is 0.755. The van der Waals surface area contributed by atoms with Crippen LogP contribution in [0.2, 0.25) is 0 Å². The summed E-state index contributed by atoms with van der Waals surface area (Å²) >= 11 is 0. The Morgan fingerprint density at radius 1 is 1.36 bits per heavy atom. The van der Waals surface area contributed by atoms with Crippen molar-refractivity contribution in [1.29, 1.82) is 0 Å². The van der Waals surface area contributed by atoms with Gasteiger partial charge in [-0.1, -0.05) is 27.2 Å². The van der Waals surface area contributed by atoms with Crippen LogP contribution in [0, 0.1) is 5.92 Å². The Kier molecular flexibility index (Phi) is 4.61. The topological polar surface area (TPSA) is 26.5 Å². The van der Waals surface area contributed by atoms with Crippen LogP contribution >= 0.6 is 0 Å². The highest BCUT2D eigenvalue weighted by Gasteiger charge is 2.17. The number of unbranched alkanes of at least 4 members (excludes halogenated alkanes) is 1. The molecule has 0 saturated heterocycles. The fraction of sp³-hybridized carbons (Fsp3) is 0.750. The highest BCUT2D eigenvalue weighted by molar-refractivity contribution is 5.91. The van der Waals surface area contributed by atoms with Gasteiger partial charge in [0.05, 0.1) is 17.3 Å². The molecule has 0 atom stereocenters. The first kappa shape index (κ1) is 11.2. The van der Waals surface area contributed by atoms with E-state index < -0.39 is 0 Å². The zero-order valence-electron chi connectivity index (χ0n) is 9.58. The van der Waals surface area contributed by atoms with Gasteiger partial charge >= 0.3 is 5.71 Å². The fourth-order valence-electron chi connectivity index (χ4n) is 1.42. The Hall–Kier alpha value is -0.880. The molecule has 0 aliphatic carbocycles. The van der Waals surface area contributed by atoms with E-state index in [9.17, 15) is 0 Å². The molecular formula is C12H21N2+. The standard InChI is InChI=1S/C12H21N2/c1-4-5-6-11-9-12(14-13-11)8-7-10(2)3/h9-10H,4-8H2,1-3H3/q+1. The normalized spacial score (nSPS) is 14.9. The van der Waals surface area contributed by atoms with Gasteiger partial charge < -0.3 is 0 Å². The summed E-state index contributed by atoms with van der Waals surface area (Å²) in [7, 11) is 0. The molecule has 2 heteroatoms. The molecule has 1 heterocycles. The Bertz CT molecular complexity index is 268. The lowest BCUT2D eigenvalue weighted by atomic mass is 10.0. The van der Waals surface area contributed by atoms with Crippen molar-refractivity contribution < 1.29 is 4.79 Å². The lowest BCUT2D eigenvalue weighted by Gasteiger charge is -1.96. The van der Waals surface area contributed by atoms with E-state index in [2.05, 4.69) is 36.8 Å². The molecule has 0 aromatic heterocycles. The maximum Gasteiger partial charge on any atom is 0.344 e. The molecule has 0 spiro atoms. The van der Waals surface area contributed by atoms with Gasteiger partial charge in [-0.2, -0.15) is 0 Å². The molecule has 0 fully saturated rings. The van der Waals surface area contributed by atoms with Crippen molar-refractivity contribution in [3.63, 3.8) is 0 Å². The van der Waals surface area contributed by atoms with E-state index in [1.807, 2.05) is 0 Å². The third kappa shape index (κ3) is 3.89. The first-order chi connectivity index (χ1) is 6.72. The van der Waals surface area contributed by atoms with Crippen LogP contribution in [0.25, 0.3) is 0 Å². The third-order valence-electron chi connectivity index (χ3n) is 2.40. The number of hydrogen-bond acceptors (Lipinski definition) is 1. The monoisotopic (exact) mass is 193 g/mol. The predicted molar refractivity (Wildman–Crippen MR) is 59.4 cm³/mol. The van der Waals surface area contributed by atoms with Crippen molar-refractivity contribution in [2.75, 3.05) is 0 Å². The van der Waals surface area contributed by atoms with Crippen LogP contribution in [0.1, 0.15) is 52.9 Å². The molecule has 1 aliphatic rings. The summed E-state index contributed by atoms with van der Waals surface area (Å²) < 4.78 is 0. The average molecular weight is 193 g/mol. The van der Waals surface area contributed by atoms with Crippen molar-refractivity contribution in [3.05, 3.63) is 11.8 Å². The minimum Gasteiger partial charge on any atom is -0.0654 e. The lowest BCUT2D eigenvalue weighted by molar-refractivity contribution is -0.0786. The molecule has 0 radical (unpaired) electrons. The summed E-state index contributed by atoms with van der Waals surface area (Å²) in [6.07, 6.45) is 8.00. The van der Waals surface area contributed by atoms with E-state index in [-0.39, 0.29) is 0 Å². The zero-order chi connectivity index (χ0) is 10.4. The summed E-state index contributed by atoms with van der Waals surface area (Å²) in [6, 6.07) is 0. The van der Waals surface area contributed by atoms with E-state index >= 15 is 0 Å². The van der Waals surface area contributed by atoms with Crippen LogP contribution in [-0.4, -0.2) is 10.5 Å². The summed E-state index contributed by atoms with van der Waals surface area (Å²) in [5.41, 5.74) is 2.34. The van der Waals surface area contributed by atoms with Gasteiger partial charge in [0.1, 0.15) is 10.8 Å². The van der Waals surface area contributed by atoms with Crippen LogP contribution in [0.5, 0.6) is 0 Å². The van der Waals surface area contributed by atoms with E-state index in [0.29, 0.717) is 0 Å². The molecule has 78 valence electrons. The summed E-state index contributed by atoms with van der Waals surface area (Å²) in [6.45, 7) is 6.69. The summed E-state index contributed by atoms with van der Waals surface area (Å²) in [4.78, 5) is 4.19. The van der Waals surface area contributed by atoms with Gasteiger partial charge in [-0.05, 0) is 25.2 Å². The van der Waals surface area contributed by atoms with E-state index in [4.69, 9.17) is 0 Å². The molecule has 0 unspecified atom stereocenters. The molecule has 1 rings (SSSR count). The number of nitrogens with zero attached hydrogens (tertiary/aromatic N) is 2. The Morgan fingerprint density at radius 3 is 2.79 bits per heavy atom. The van der Waals surface area contributed by atoms with Crippen molar-refractivity contribution in [1.82, 2.24) is 0 Å². The molecule has 2 nitrogen and oxygen atoms in total. The number of hydrogen-bond donors (Lipinski definition) is 0. The SMILES string of the molecule is CCCCC1=CC(CCC(C)C)=[N+]=N1. The van der Waals surface area contributed by atoms with E-state index in [1.165, 1.54) is 30.7 Å². The second-order valence-electron chi connectivity index (χ2n) is 4.36. The highest BCUT2D eigenvalue weighted by atomic mass is 15.1. The molecule has 0 N–H and O–H groups in total. The van der Waals surface area contributed by atoms with Crippen LogP contribution in [-0.2, 0) is 0 Å². The molecule has 0 bridgehead atoms. The molecule has 0 aromatic rings. The van der Waals surface area contributed by atoms with Gasteiger partial charge in [-0.25, -0.2) is 0 Å². The Labute approximate surface area is 86.9 Å². The predicted octanol–water partition coefficient (Wildman–Crippen LogP) is 3.61. The third-order valence-corrected chi connectivity index (χ3v) is 2.40. The van der Waals surface area contributed by atoms with Gasteiger partial charge in [0.15, 0.2) is 0 Å². The van der Waals surface area contributed by atoms with Crippen molar-refractivity contribution in [3.8, 4) is 0 Å². The Morgan fingerprint density at radius 2 is 2.14 bits per heavy atom. The van der Waals surface area contributed by atoms with Crippen LogP contribution in [0.4, 0.5) is 0 Å². The molecule has 0 amide bonds. The second-order valence-corrected chi connectivity index (χ2v) is 4.36. The zero-order valence-corrected chi connectivity index (χ0v) is 9.58. The fourth-order valence-corrected chi connectivity index (χ4v) is 1.42. The largest absolute Gasteiger partial charge is 0.344 e. The maximum atomic E-state index is 4.19. The van der Waals surface area contributed by atoms with E-state index in [1.54, 1.807) is 0 Å². The summed E-state index contributed by atoms with van der Waals surface area (Å²) in [5, 5.41) is 4.18. The highest BCUT2D eigenvalue weighted by Crippen LogP contribution is 2.13. The quantitative estimate of drug-likeness (QED) is 0.576. The van der Waals surface area contributed by atoms with Gasteiger partial charge in [0.2, 0.25) is 0 Å². The molecule has 1 aliphatic heterocycles. The second kappa shape index (κ2) is 5.77. The van der Waals surface area contributed by atoms with Crippen LogP contribution in [0.3, 0.4) is 0 Å². The van der Waals surface area contributed by atoms with Crippen molar-refractivity contribution in [2.45, 2.75) is 52.9 Å². The first-order valence-electron chi connectivity index (χ1n) is 5.70. The van der Waals surface area contributed by atoms with E-state index in [0.717, 1.165) is 18.8 Å². The van der Waals surface area contributed by atoms with Gasteiger partial charge in [-0.15, -0.1) is 0 Å². The number of rotatable bonds is 6. The van der Waals surface area contributed by atoms with Gasteiger partial charge in [0, 0.05) is 0 Å². The number of allylic oxidation sites excluding steroid dienone is 2. The van der Waals surface area contributed by atoms with Gasteiger partial charge in [-0.3, -0.25) is 0 Å². The molecule has 0 aromatic carbocycles. The summed E-state index contributed by atoms with van der Waals surface area (Å²) in [5.74, 6) is 0.755. The maximum absolute atomic E-state index is 4.19. The van der Waals surface area contributed by atoms with Crippen LogP contribution in [0.15, 0.2) is 16.9 Å². The Balaban J connectivity index is 2.30. The molecule has 0 saturated carbocycles. The van der Waals surface area contributed by atoms with Crippen LogP contribution < -0.4 is 0 Å².